The van der Waals surface area contributed by atoms with Crippen LogP contribution in [0.1, 0.15) is 43.0 Å². The third-order valence-corrected chi connectivity index (χ3v) is 4.31. The molecule has 0 atom stereocenters. The van der Waals surface area contributed by atoms with Crippen molar-refractivity contribution in [1.82, 2.24) is 9.97 Å². The van der Waals surface area contributed by atoms with Crippen molar-refractivity contribution < 1.29 is 0 Å². The summed E-state index contributed by atoms with van der Waals surface area (Å²) in [4.78, 5) is 9.71. The Balaban J connectivity index is 2.13. The fraction of sp³-hybridized carbons (Fsp3) is 0.444. The molecule has 0 saturated carbocycles. The van der Waals surface area contributed by atoms with Crippen molar-refractivity contribution in [2.45, 2.75) is 45.4 Å². The molecule has 110 valence electrons. The molecule has 3 rings (SSSR count). The van der Waals surface area contributed by atoms with Gasteiger partial charge >= 0.3 is 0 Å². The minimum atomic E-state index is 0.873. The highest BCUT2D eigenvalue weighted by Gasteiger charge is 2.17. The predicted octanol–water partition coefficient (Wildman–Crippen LogP) is 4.02. The van der Waals surface area contributed by atoms with Crippen LogP contribution in [0.2, 0.25) is 0 Å². The van der Waals surface area contributed by atoms with Gasteiger partial charge < -0.3 is 5.32 Å². The first kappa shape index (κ1) is 14.1. The lowest BCUT2D eigenvalue weighted by atomic mass is 10.0. The highest BCUT2D eigenvalue weighted by Crippen LogP contribution is 2.29. The molecule has 3 nitrogen and oxygen atoms in total. The first-order valence-corrected chi connectivity index (χ1v) is 7.99. The Morgan fingerprint density at radius 1 is 1.05 bits per heavy atom. The van der Waals surface area contributed by atoms with E-state index in [0.29, 0.717) is 0 Å². The maximum absolute atomic E-state index is 4.91. The number of hydrogen-bond donors (Lipinski definition) is 1. The average molecular weight is 281 g/mol. The lowest BCUT2D eigenvalue weighted by Gasteiger charge is -2.14. The summed E-state index contributed by atoms with van der Waals surface area (Å²) in [5.41, 5.74) is 5.05. The SMILES string of the molecule is CCc1ccccc1-c1nc2c(c(NC)n1)CCCCC2. The van der Waals surface area contributed by atoms with E-state index in [4.69, 9.17) is 9.97 Å². The Labute approximate surface area is 126 Å². The third-order valence-electron chi connectivity index (χ3n) is 4.31. The molecule has 2 aromatic rings. The molecule has 0 aliphatic heterocycles. The van der Waals surface area contributed by atoms with Crippen LogP contribution in [0.3, 0.4) is 0 Å². The van der Waals surface area contributed by atoms with Crippen molar-refractivity contribution in [3.05, 3.63) is 41.1 Å². The quantitative estimate of drug-likeness (QED) is 0.864. The highest BCUT2D eigenvalue weighted by molar-refractivity contribution is 5.63. The number of fused-ring (bicyclic) bond motifs is 1. The molecule has 0 bridgehead atoms. The Kier molecular flexibility index (Phi) is 4.18. The van der Waals surface area contributed by atoms with Gasteiger partial charge in [0.2, 0.25) is 0 Å². The van der Waals surface area contributed by atoms with E-state index in [1.807, 2.05) is 7.05 Å². The van der Waals surface area contributed by atoms with Crippen molar-refractivity contribution in [1.29, 1.82) is 0 Å². The molecule has 0 saturated heterocycles. The van der Waals surface area contributed by atoms with Crippen LogP contribution in [0.4, 0.5) is 5.82 Å². The van der Waals surface area contributed by atoms with E-state index >= 15 is 0 Å². The molecule has 3 heteroatoms. The fourth-order valence-corrected chi connectivity index (χ4v) is 3.14. The minimum Gasteiger partial charge on any atom is -0.373 e. The molecule has 1 N–H and O–H groups in total. The van der Waals surface area contributed by atoms with Crippen LogP contribution >= 0.6 is 0 Å². The molecule has 0 spiro atoms. The molecule has 1 aliphatic carbocycles. The van der Waals surface area contributed by atoms with Crippen molar-refractivity contribution in [3.63, 3.8) is 0 Å². The number of aromatic nitrogens is 2. The first-order valence-electron chi connectivity index (χ1n) is 7.99. The second kappa shape index (κ2) is 6.25. The van der Waals surface area contributed by atoms with Crippen molar-refractivity contribution in [2.75, 3.05) is 12.4 Å². The monoisotopic (exact) mass is 281 g/mol. The molecule has 0 amide bonds. The normalized spacial score (nSPS) is 14.4. The Morgan fingerprint density at radius 3 is 2.67 bits per heavy atom. The van der Waals surface area contributed by atoms with Crippen molar-refractivity contribution in [2.24, 2.45) is 0 Å². The number of nitrogens with one attached hydrogen (secondary N) is 1. The van der Waals surface area contributed by atoms with E-state index in [9.17, 15) is 0 Å². The van der Waals surface area contributed by atoms with E-state index in [1.165, 1.54) is 41.6 Å². The van der Waals surface area contributed by atoms with Crippen LogP contribution in [0.5, 0.6) is 0 Å². The van der Waals surface area contributed by atoms with Crippen LogP contribution in [-0.4, -0.2) is 17.0 Å². The zero-order valence-electron chi connectivity index (χ0n) is 12.9. The number of rotatable bonds is 3. The van der Waals surface area contributed by atoms with Crippen molar-refractivity contribution in [3.8, 4) is 11.4 Å². The summed E-state index contributed by atoms with van der Waals surface area (Å²) in [6, 6.07) is 8.47. The zero-order chi connectivity index (χ0) is 14.7. The topological polar surface area (TPSA) is 37.8 Å². The summed E-state index contributed by atoms with van der Waals surface area (Å²) < 4.78 is 0. The van der Waals surface area contributed by atoms with Crippen LogP contribution in [0.15, 0.2) is 24.3 Å². The highest BCUT2D eigenvalue weighted by atomic mass is 15.0. The standard InChI is InChI=1S/C18H23N3/c1-3-13-9-7-8-10-14(13)18-20-16-12-6-4-5-11-15(16)17(19-2)21-18/h7-10H,3-6,11-12H2,1-2H3,(H,19,20,21). The Bertz CT molecular complexity index is 634. The van der Waals surface area contributed by atoms with Gasteiger partial charge in [-0.25, -0.2) is 9.97 Å². The van der Waals surface area contributed by atoms with E-state index in [2.05, 4.69) is 36.5 Å². The molecule has 1 aromatic carbocycles. The smallest absolute Gasteiger partial charge is 0.162 e. The fourth-order valence-electron chi connectivity index (χ4n) is 3.14. The molecular weight excluding hydrogens is 258 g/mol. The summed E-state index contributed by atoms with van der Waals surface area (Å²) in [6.45, 7) is 2.18. The van der Waals surface area contributed by atoms with E-state index in [1.54, 1.807) is 0 Å². The molecule has 0 fully saturated rings. The van der Waals surface area contributed by atoms with Gasteiger partial charge in [0, 0.05) is 23.9 Å². The second-order valence-electron chi connectivity index (χ2n) is 5.64. The predicted molar refractivity (Wildman–Crippen MR) is 87.7 cm³/mol. The molecule has 1 heterocycles. The number of benzene rings is 1. The van der Waals surface area contributed by atoms with Gasteiger partial charge in [-0.05, 0) is 37.7 Å². The van der Waals surface area contributed by atoms with Gasteiger partial charge in [0.25, 0.3) is 0 Å². The van der Waals surface area contributed by atoms with E-state index in [0.717, 1.165) is 30.9 Å². The van der Waals surface area contributed by atoms with Gasteiger partial charge in [-0.15, -0.1) is 0 Å². The molecule has 1 aliphatic rings. The average Bonchev–Trinajstić information content (AvgIpc) is 2.79. The summed E-state index contributed by atoms with van der Waals surface area (Å²) >= 11 is 0. The largest absolute Gasteiger partial charge is 0.373 e. The van der Waals surface area contributed by atoms with Gasteiger partial charge in [0.15, 0.2) is 5.82 Å². The molecular formula is C18H23N3. The van der Waals surface area contributed by atoms with Gasteiger partial charge in [0.05, 0.1) is 0 Å². The van der Waals surface area contributed by atoms with Crippen LogP contribution in [0, 0.1) is 0 Å². The molecule has 1 aromatic heterocycles. The minimum absolute atomic E-state index is 0.873. The van der Waals surface area contributed by atoms with Gasteiger partial charge in [0.1, 0.15) is 5.82 Å². The summed E-state index contributed by atoms with van der Waals surface area (Å²) in [7, 11) is 1.96. The van der Waals surface area contributed by atoms with Gasteiger partial charge in [-0.1, -0.05) is 37.6 Å². The Morgan fingerprint density at radius 2 is 1.86 bits per heavy atom. The molecule has 0 radical (unpaired) electrons. The van der Waals surface area contributed by atoms with Crippen LogP contribution in [0.25, 0.3) is 11.4 Å². The number of anilines is 1. The lowest BCUT2D eigenvalue weighted by molar-refractivity contribution is 0.709. The number of nitrogens with zero attached hydrogens (tertiary/aromatic N) is 2. The van der Waals surface area contributed by atoms with Gasteiger partial charge in [-0.3, -0.25) is 0 Å². The summed E-state index contributed by atoms with van der Waals surface area (Å²) in [5.74, 6) is 1.89. The first-order chi connectivity index (χ1) is 10.3. The third kappa shape index (κ3) is 2.78. The molecule has 0 unspecified atom stereocenters. The number of aryl methyl sites for hydroxylation is 2. The van der Waals surface area contributed by atoms with E-state index in [-0.39, 0.29) is 0 Å². The number of hydrogen-bond acceptors (Lipinski definition) is 3. The van der Waals surface area contributed by atoms with E-state index < -0.39 is 0 Å². The maximum Gasteiger partial charge on any atom is 0.162 e. The lowest BCUT2D eigenvalue weighted by Crippen LogP contribution is -2.07. The van der Waals surface area contributed by atoms with Crippen molar-refractivity contribution >= 4 is 5.82 Å². The van der Waals surface area contributed by atoms with Crippen LogP contribution < -0.4 is 5.32 Å². The molecule has 21 heavy (non-hydrogen) atoms. The maximum atomic E-state index is 4.91. The second-order valence-corrected chi connectivity index (χ2v) is 5.64. The Hall–Kier alpha value is -1.90. The zero-order valence-corrected chi connectivity index (χ0v) is 12.9. The van der Waals surface area contributed by atoms with Gasteiger partial charge in [-0.2, -0.15) is 0 Å². The summed E-state index contributed by atoms with van der Waals surface area (Å²) in [6.07, 6.45) is 6.96. The summed E-state index contributed by atoms with van der Waals surface area (Å²) in [5, 5.41) is 3.28. The van der Waals surface area contributed by atoms with Crippen LogP contribution in [-0.2, 0) is 19.3 Å².